The molecule has 0 aliphatic heterocycles. The van der Waals surface area contributed by atoms with Crippen molar-refractivity contribution in [3.63, 3.8) is 0 Å². The molecule has 3 heteroatoms. The molecule has 1 aromatic carbocycles. The average molecular weight is 203 g/mol. The van der Waals surface area contributed by atoms with Crippen LogP contribution in [-0.2, 0) is 0 Å². The summed E-state index contributed by atoms with van der Waals surface area (Å²) in [5.74, 6) is 0.374. The Hall–Kier alpha value is -1.77. The van der Waals surface area contributed by atoms with Gasteiger partial charge in [-0.05, 0) is 18.2 Å². The highest BCUT2D eigenvalue weighted by molar-refractivity contribution is 5.96. The SMILES string of the molecule is CC(=O)c1cc2ccc(N(C)C)cc2o1. The number of fused-ring (bicyclic) bond motifs is 1. The summed E-state index contributed by atoms with van der Waals surface area (Å²) in [5, 5.41) is 0.964. The number of hydrogen-bond acceptors (Lipinski definition) is 3. The Balaban J connectivity index is 2.57. The van der Waals surface area contributed by atoms with Gasteiger partial charge in [-0.1, -0.05) is 0 Å². The average Bonchev–Trinajstić information content (AvgIpc) is 2.59. The zero-order valence-corrected chi connectivity index (χ0v) is 9.07. The Labute approximate surface area is 88.3 Å². The van der Waals surface area contributed by atoms with E-state index in [-0.39, 0.29) is 5.78 Å². The fourth-order valence-electron chi connectivity index (χ4n) is 1.47. The number of hydrogen-bond donors (Lipinski definition) is 0. The second kappa shape index (κ2) is 3.42. The Bertz CT molecular complexity index is 511. The van der Waals surface area contributed by atoms with Crippen LogP contribution in [0.5, 0.6) is 0 Å². The summed E-state index contributed by atoms with van der Waals surface area (Å²) in [6, 6.07) is 7.67. The summed E-state index contributed by atoms with van der Waals surface area (Å²) in [4.78, 5) is 13.1. The molecule has 0 fully saturated rings. The smallest absolute Gasteiger partial charge is 0.194 e. The molecule has 0 atom stereocenters. The molecule has 0 aliphatic carbocycles. The van der Waals surface area contributed by atoms with Crippen molar-refractivity contribution in [1.29, 1.82) is 0 Å². The van der Waals surface area contributed by atoms with Gasteiger partial charge in [-0.2, -0.15) is 0 Å². The third-order valence-corrected chi connectivity index (χ3v) is 2.37. The van der Waals surface area contributed by atoms with Gasteiger partial charge in [0.2, 0.25) is 0 Å². The van der Waals surface area contributed by atoms with Crippen molar-refractivity contribution in [1.82, 2.24) is 0 Å². The molecule has 0 bridgehead atoms. The molecule has 0 saturated carbocycles. The maximum atomic E-state index is 11.1. The number of rotatable bonds is 2. The Morgan fingerprint density at radius 2 is 2.00 bits per heavy atom. The quantitative estimate of drug-likeness (QED) is 0.703. The molecule has 0 unspecified atom stereocenters. The van der Waals surface area contributed by atoms with E-state index in [0.717, 1.165) is 16.7 Å². The van der Waals surface area contributed by atoms with Crippen LogP contribution in [0, 0.1) is 0 Å². The molecule has 0 spiro atoms. The molecule has 0 amide bonds. The Kier molecular flexibility index (Phi) is 2.23. The summed E-state index contributed by atoms with van der Waals surface area (Å²) >= 11 is 0. The van der Waals surface area contributed by atoms with E-state index in [4.69, 9.17) is 4.42 Å². The highest BCUT2D eigenvalue weighted by Gasteiger charge is 2.08. The Morgan fingerprint density at radius 1 is 1.27 bits per heavy atom. The molecule has 0 saturated heterocycles. The minimum absolute atomic E-state index is 0.0439. The second-order valence-electron chi connectivity index (χ2n) is 3.78. The zero-order valence-electron chi connectivity index (χ0n) is 9.07. The first-order valence-corrected chi connectivity index (χ1v) is 4.80. The van der Waals surface area contributed by atoms with Gasteiger partial charge in [0.1, 0.15) is 5.58 Å². The molecule has 1 heterocycles. The van der Waals surface area contributed by atoms with Crippen molar-refractivity contribution in [2.75, 3.05) is 19.0 Å². The Morgan fingerprint density at radius 3 is 2.60 bits per heavy atom. The van der Waals surface area contributed by atoms with Gasteiger partial charge < -0.3 is 9.32 Å². The van der Waals surface area contributed by atoms with E-state index in [1.165, 1.54) is 6.92 Å². The molecule has 1 aromatic heterocycles. The van der Waals surface area contributed by atoms with Crippen LogP contribution in [0.1, 0.15) is 17.5 Å². The van der Waals surface area contributed by atoms with E-state index in [1.54, 1.807) is 6.07 Å². The lowest BCUT2D eigenvalue weighted by Gasteiger charge is -2.11. The van der Waals surface area contributed by atoms with Gasteiger partial charge in [-0.3, -0.25) is 4.79 Å². The van der Waals surface area contributed by atoms with E-state index in [0.29, 0.717) is 5.76 Å². The first kappa shape index (κ1) is 9.77. The number of ketones is 1. The molecule has 0 radical (unpaired) electrons. The first-order chi connectivity index (χ1) is 7.08. The normalized spacial score (nSPS) is 10.6. The third kappa shape index (κ3) is 1.73. The highest BCUT2D eigenvalue weighted by atomic mass is 16.3. The van der Waals surface area contributed by atoms with Gasteiger partial charge in [-0.15, -0.1) is 0 Å². The number of carbonyl (C=O) groups excluding carboxylic acids is 1. The van der Waals surface area contributed by atoms with Gasteiger partial charge in [0.25, 0.3) is 0 Å². The molecule has 15 heavy (non-hydrogen) atoms. The zero-order chi connectivity index (χ0) is 11.0. The lowest BCUT2D eigenvalue weighted by Crippen LogP contribution is -2.07. The number of benzene rings is 1. The minimum atomic E-state index is -0.0439. The van der Waals surface area contributed by atoms with Gasteiger partial charge in [0.05, 0.1) is 0 Å². The molecule has 3 nitrogen and oxygen atoms in total. The topological polar surface area (TPSA) is 33.5 Å². The maximum Gasteiger partial charge on any atom is 0.194 e. The fraction of sp³-hybridized carbons (Fsp3) is 0.250. The summed E-state index contributed by atoms with van der Waals surface area (Å²) < 4.78 is 5.44. The standard InChI is InChI=1S/C12H13NO2/c1-8(14)11-6-9-4-5-10(13(2)3)7-12(9)15-11/h4-7H,1-3H3. The van der Waals surface area contributed by atoms with Gasteiger partial charge in [0, 0.05) is 38.2 Å². The van der Waals surface area contributed by atoms with Gasteiger partial charge >= 0.3 is 0 Å². The van der Waals surface area contributed by atoms with Gasteiger partial charge in [0.15, 0.2) is 11.5 Å². The van der Waals surface area contributed by atoms with Crippen molar-refractivity contribution < 1.29 is 9.21 Å². The number of Topliss-reactive ketones (excluding diaryl/α,β-unsaturated/α-hetero) is 1. The van der Waals surface area contributed by atoms with Crippen molar-refractivity contribution in [3.8, 4) is 0 Å². The fourth-order valence-corrected chi connectivity index (χ4v) is 1.47. The van der Waals surface area contributed by atoms with Crippen LogP contribution >= 0.6 is 0 Å². The van der Waals surface area contributed by atoms with Crippen LogP contribution in [0.25, 0.3) is 11.0 Å². The van der Waals surface area contributed by atoms with Crippen LogP contribution in [-0.4, -0.2) is 19.9 Å². The molecule has 78 valence electrons. The molecular formula is C12H13NO2. The van der Waals surface area contributed by atoms with Crippen LogP contribution < -0.4 is 4.90 Å². The summed E-state index contributed by atoms with van der Waals surface area (Å²) in [6.07, 6.45) is 0. The van der Waals surface area contributed by atoms with Crippen molar-refractivity contribution in [2.45, 2.75) is 6.92 Å². The van der Waals surface area contributed by atoms with Crippen LogP contribution in [0.2, 0.25) is 0 Å². The number of furan rings is 1. The van der Waals surface area contributed by atoms with E-state index >= 15 is 0 Å². The van der Waals surface area contributed by atoms with Crippen molar-refractivity contribution in [3.05, 3.63) is 30.0 Å². The first-order valence-electron chi connectivity index (χ1n) is 4.80. The molecular weight excluding hydrogens is 190 g/mol. The van der Waals surface area contributed by atoms with Crippen molar-refractivity contribution >= 4 is 22.4 Å². The predicted octanol–water partition coefficient (Wildman–Crippen LogP) is 2.70. The van der Waals surface area contributed by atoms with Crippen LogP contribution in [0.3, 0.4) is 0 Å². The van der Waals surface area contributed by atoms with E-state index < -0.39 is 0 Å². The molecule has 2 aromatic rings. The highest BCUT2D eigenvalue weighted by Crippen LogP contribution is 2.24. The lowest BCUT2D eigenvalue weighted by molar-refractivity contribution is 0.0989. The molecule has 2 rings (SSSR count). The number of carbonyl (C=O) groups is 1. The van der Waals surface area contributed by atoms with E-state index in [1.807, 2.05) is 37.2 Å². The molecule has 0 aliphatic rings. The predicted molar refractivity (Wildman–Crippen MR) is 60.5 cm³/mol. The van der Waals surface area contributed by atoms with Gasteiger partial charge in [-0.25, -0.2) is 0 Å². The molecule has 0 N–H and O–H groups in total. The number of nitrogens with zero attached hydrogens (tertiary/aromatic N) is 1. The largest absolute Gasteiger partial charge is 0.453 e. The summed E-state index contributed by atoms with van der Waals surface area (Å²) in [5.41, 5.74) is 1.82. The monoisotopic (exact) mass is 203 g/mol. The second-order valence-corrected chi connectivity index (χ2v) is 3.78. The van der Waals surface area contributed by atoms with E-state index in [9.17, 15) is 4.79 Å². The van der Waals surface area contributed by atoms with Crippen molar-refractivity contribution in [2.24, 2.45) is 0 Å². The summed E-state index contributed by atoms with van der Waals surface area (Å²) in [7, 11) is 3.94. The third-order valence-electron chi connectivity index (χ3n) is 2.37. The lowest BCUT2D eigenvalue weighted by atomic mass is 10.2. The van der Waals surface area contributed by atoms with Crippen LogP contribution in [0.15, 0.2) is 28.7 Å². The number of anilines is 1. The van der Waals surface area contributed by atoms with E-state index in [2.05, 4.69) is 0 Å². The minimum Gasteiger partial charge on any atom is -0.453 e. The summed E-state index contributed by atoms with van der Waals surface area (Å²) in [6.45, 7) is 1.50. The van der Waals surface area contributed by atoms with Crippen LogP contribution in [0.4, 0.5) is 5.69 Å². The maximum absolute atomic E-state index is 11.1.